The standard InChI is InChI=1S/C30H36NO5/c1-29(2)21-11-14-30(3,36-26(21)20-9-7-8-10-23(20)35-29)15-12-22-25-19(13-16-31(22,4)5)17-24-27(28(25)32-6)34-18-33-24/h7-10,17,21-22,26H,11,13-14,16,18H2,1-6H3/q+1/t21-,22+,26-,30+/m1/s1. The van der Waals surface area contributed by atoms with Crippen LogP contribution in [-0.2, 0) is 11.2 Å². The number of likely N-dealkylation sites (N-methyl/N-ethyl adjacent to an activating group) is 1. The number of hydrogen-bond donors (Lipinski definition) is 0. The van der Waals surface area contributed by atoms with Gasteiger partial charge in [0.1, 0.15) is 17.0 Å². The molecule has 6 heteroatoms. The zero-order valence-corrected chi connectivity index (χ0v) is 22.1. The largest absolute Gasteiger partial charge is 0.492 e. The molecule has 4 aliphatic heterocycles. The first-order chi connectivity index (χ1) is 17.1. The van der Waals surface area contributed by atoms with Crippen LogP contribution < -0.4 is 18.9 Å². The van der Waals surface area contributed by atoms with Crippen molar-refractivity contribution in [3.63, 3.8) is 0 Å². The van der Waals surface area contributed by atoms with Gasteiger partial charge in [0.2, 0.25) is 12.5 Å². The molecule has 0 bridgehead atoms. The number of nitrogens with zero attached hydrogens (tertiary/aromatic N) is 1. The van der Waals surface area contributed by atoms with Crippen molar-refractivity contribution in [1.82, 2.24) is 0 Å². The van der Waals surface area contributed by atoms with Gasteiger partial charge < -0.3 is 28.2 Å². The minimum absolute atomic E-state index is 0.0394. The maximum Gasteiger partial charge on any atom is 0.231 e. The maximum atomic E-state index is 6.88. The Kier molecular flexibility index (Phi) is 5.27. The molecule has 0 saturated carbocycles. The Hall–Kier alpha value is -2.88. The van der Waals surface area contributed by atoms with Crippen LogP contribution in [0, 0.1) is 17.8 Å². The van der Waals surface area contributed by atoms with Crippen LogP contribution in [0.4, 0.5) is 0 Å². The van der Waals surface area contributed by atoms with Crippen LogP contribution in [0.25, 0.3) is 0 Å². The molecule has 0 amide bonds. The fourth-order valence-corrected chi connectivity index (χ4v) is 6.40. The van der Waals surface area contributed by atoms with E-state index in [1.165, 1.54) is 5.56 Å². The van der Waals surface area contributed by atoms with E-state index in [1.54, 1.807) is 7.11 Å². The number of hydrogen-bond acceptors (Lipinski definition) is 5. The zero-order valence-electron chi connectivity index (χ0n) is 22.1. The lowest BCUT2D eigenvalue weighted by molar-refractivity contribution is -0.914. The number of methoxy groups -OCH3 is 1. The van der Waals surface area contributed by atoms with Crippen molar-refractivity contribution in [2.75, 3.05) is 34.5 Å². The molecule has 1 fully saturated rings. The molecule has 36 heavy (non-hydrogen) atoms. The molecule has 2 aromatic rings. The molecule has 6 nitrogen and oxygen atoms in total. The van der Waals surface area contributed by atoms with Gasteiger partial charge in [-0.15, -0.1) is 0 Å². The second kappa shape index (κ2) is 8.06. The lowest BCUT2D eigenvalue weighted by atomic mass is 9.73. The Bertz CT molecular complexity index is 1270. The van der Waals surface area contributed by atoms with Gasteiger partial charge in [-0.05, 0) is 57.2 Å². The highest BCUT2D eigenvalue weighted by Gasteiger charge is 2.50. The lowest BCUT2D eigenvalue weighted by Crippen LogP contribution is -2.51. The van der Waals surface area contributed by atoms with Gasteiger partial charge >= 0.3 is 0 Å². The van der Waals surface area contributed by atoms with E-state index in [4.69, 9.17) is 23.7 Å². The van der Waals surface area contributed by atoms with E-state index in [-0.39, 0.29) is 30.5 Å². The van der Waals surface area contributed by atoms with E-state index in [2.05, 4.69) is 64.9 Å². The average Bonchev–Trinajstić information content (AvgIpc) is 3.30. The quantitative estimate of drug-likeness (QED) is 0.406. The summed E-state index contributed by atoms with van der Waals surface area (Å²) in [5.74, 6) is 10.7. The molecule has 190 valence electrons. The number of benzene rings is 2. The molecule has 4 atom stereocenters. The van der Waals surface area contributed by atoms with Crippen LogP contribution in [0.2, 0.25) is 0 Å². The van der Waals surface area contributed by atoms with Crippen LogP contribution in [0.15, 0.2) is 30.3 Å². The second-order valence-electron chi connectivity index (χ2n) is 11.8. The summed E-state index contributed by atoms with van der Waals surface area (Å²) in [6.45, 7) is 7.69. The van der Waals surface area contributed by atoms with E-state index in [0.717, 1.165) is 58.7 Å². The van der Waals surface area contributed by atoms with E-state index >= 15 is 0 Å². The van der Waals surface area contributed by atoms with Gasteiger partial charge in [-0.25, -0.2) is 0 Å². The summed E-state index contributed by atoms with van der Waals surface area (Å²) in [5.41, 5.74) is 2.62. The highest BCUT2D eigenvalue weighted by Crippen LogP contribution is 2.53. The van der Waals surface area contributed by atoms with Crippen molar-refractivity contribution in [1.29, 1.82) is 0 Å². The van der Waals surface area contributed by atoms with Crippen molar-refractivity contribution in [2.45, 2.75) is 63.4 Å². The maximum absolute atomic E-state index is 6.88. The molecule has 2 aromatic carbocycles. The number of ether oxygens (including phenoxy) is 5. The third kappa shape index (κ3) is 3.64. The molecule has 1 saturated heterocycles. The molecule has 0 aromatic heterocycles. The van der Waals surface area contributed by atoms with E-state index in [0.29, 0.717) is 5.75 Å². The summed E-state index contributed by atoms with van der Waals surface area (Å²) in [6.07, 6.45) is 2.76. The van der Waals surface area contributed by atoms with Crippen LogP contribution in [-0.4, -0.2) is 50.2 Å². The Morgan fingerprint density at radius 1 is 1.08 bits per heavy atom. The first kappa shape index (κ1) is 23.5. The molecule has 0 radical (unpaired) electrons. The Labute approximate surface area is 214 Å². The Balaban J connectivity index is 1.38. The molecular formula is C30H36NO5+. The van der Waals surface area contributed by atoms with Gasteiger partial charge in [0, 0.05) is 17.9 Å². The van der Waals surface area contributed by atoms with Crippen molar-refractivity contribution >= 4 is 0 Å². The molecule has 4 aliphatic rings. The normalized spacial score (nSPS) is 30.6. The van der Waals surface area contributed by atoms with Crippen LogP contribution in [0.3, 0.4) is 0 Å². The summed E-state index contributed by atoms with van der Waals surface area (Å²) in [7, 11) is 6.18. The predicted octanol–water partition coefficient (Wildman–Crippen LogP) is 5.20. The Morgan fingerprint density at radius 2 is 1.89 bits per heavy atom. The Morgan fingerprint density at radius 3 is 2.69 bits per heavy atom. The van der Waals surface area contributed by atoms with E-state index < -0.39 is 5.60 Å². The van der Waals surface area contributed by atoms with Crippen molar-refractivity contribution in [2.24, 2.45) is 5.92 Å². The number of quaternary nitrogens is 1. The third-order valence-electron chi connectivity index (χ3n) is 8.53. The zero-order chi connectivity index (χ0) is 25.3. The average molecular weight is 491 g/mol. The first-order valence-electron chi connectivity index (χ1n) is 12.9. The summed E-state index contributed by atoms with van der Waals surface area (Å²) < 4.78 is 31.4. The summed E-state index contributed by atoms with van der Waals surface area (Å²) in [6, 6.07) is 10.3. The highest BCUT2D eigenvalue weighted by molar-refractivity contribution is 5.62. The summed E-state index contributed by atoms with van der Waals surface area (Å²) >= 11 is 0. The van der Waals surface area contributed by atoms with Gasteiger partial charge in [0.05, 0.1) is 39.4 Å². The number of para-hydroxylation sites is 1. The number of rotatable bonds is 1. The van der Waals surface area contributed by atoms with Gasteiger partial charge in [0.25, 0.3) is 0 Å². The lowest BCUT2D eigenvalue weighted by Gasteiger charge is -2.50. The predicted molar refractivity (Wildman–Crippen MR) is 136 cm³/mol. The van der Waals surface area contributed by atoms with E-state index in [1.807, 2.05) is 12.1 Å². The highest BCUT2D eigenvalue weighted by atomic mass is 16.7. The molecule has 4 heterocycles. The molecule has 0 N–H and O–H groups in total. The molecule has 6 rings (SSSR count). The van der Waals surface area contributed by atoms with E-state index in [9.17, 15) is 0 Å². The summed E-state index contributed by atoms with van der Waals surface area (Å²) in [4.78, 5) is 0. The fraction of sp³-hybridized carbons (Fsp3) is 0.533. The minimum Gasteiger partial charge on any atom is -0.492 e. The topological polar surface area (TPSA) is 46.2 Å². The first-order valence-corrected chi connectivity index (χ1v) is 12.9. The van der Waals surface area contributed by atoms with Crippen LogP contribution in [0.1, 0.15) is 62.4 Å². The molecular weight excluding hydrogens is 454 g/mol. The van der Waals surface area contributed by atoms with Crippen molar-refractivity contribution in [3.05, 3.63) is 47.0 Å². The van der Waals surface area contributed by atoms with Gasteiger partial charge in [-0.3, -0.25) is 0 Å². The molecule has 0 unspecified atom stereocenters. The second-order valence-corrected chi connectivity index (χ2v) is 11.8. The van der Waals surface area contributed by atoms with Crippen molar-refractivity contribution < 1.29 is 28.2 Å². The fourth-order valence-electron chi connectivity index (χ4n) is 6.40. The minimum atomic E-state index is -0.553. The van der Waals surface area contributed by atoms with Crippen LogP contribution in [0.5, 0.6) is 23.0 Å². The monoisotopic (exact) mass is 490 g/mol. The number of fused-ring (bicyclic) bond motifs is 5. The van der Waals surface area contributed by atoms with Crippen molar-refractivity contribution in [3.8, 4) is 34.8 Å². The molecule has 0 aliphatic carbocycles. The summed E-state index contributed by atoms with van der Waals surface area (Å²) in [5, 5.41) is 0. The molecule has 0 spiro atoms. The van der Waals surface area contributed by atoms with Gasteiger partial charge in [0.15, 0.2) is 17.5 Å². The SMILES string of the molecule is COc1c2c(cc3c1[C@H](C#C[C@]1(C)CC[C@@H]4[C@H](O1)c1ccccc1OC4(C)C)[N+](C)(C)CC3)OCO2. The van der Waals surface area contributed by atoms with Gasteiger partial charge in [-0.1, -0.05) is 24.1 Å². The third-order valence-corrected chi connectivity index (χ3v) is 8.53. The van der Waals surface area contributed by atoms with Crippen LogP contribution >= 0.6 is 0 Å². The van der Waals surface area contributed by atoms with Gasteiger partial charge in [-0.2, -0.15) is 0 Å². The smallest absolute Gasteiger partial charge is 0.231 e.